The lowest BCUT2D eigenvalue weighted by Crippen LogP contribution is -2.00. The highest BCUT2D eigenvalue weighted by Crippen LogP contribution is 2.31. The molecule has 0 aliphatic heterocycles. The number of hydrogen-bond donors (Lipinski definition) is 1. The number of methoxy groups -OCH3 is 1. The van der Waals surface area contributed by atoms with E-state index in [0.717, 1.165) is 16.7 Å². The number of nitrogens with zero attached hydrogens (tertiary/aromatic N) is 4. The maximum Gasteiger partial charge on any atom is 0.153 e. The first-order valence-corrected chi connectivity index (χ1v) is 8.48. The van der Waals surface area contributed by atoms with Crippen LogP contribution in [0.5, 0.6) is 5.75 Å². The van der Waals surface area contributed by atoms with Crippen LogP contribution in [-0.2, 0) is 11.3 Å². The van der Waals surface area contributed by atoms with E-state index in [1.165, 1.54) is 0 Å². The maximum atomic E-state index is 10.4. The van der Waals surface area contributed by atoms with Gasteiger partial charge in [0.1, 0.15) is 18.2 Å². The third-order valence-corrected chi connectivity index (χ3v) is 4.22. The molecule has 0 atom stereocenters. The number of aromatic hydroxyl groups is 1. The summed E-state index contributed by atoms with van der Waals surface area (Å²) in [6.07, 6.45) is 6.91. The van der Waals surface area contributed by atoms with Crippen LogP contribution in [-0.4, -0.2) is 31.7 Å². The Hall–Kier alpha value is -3.51. The molecule has 2 aromatic heterocycles. The first kappa shape index (κ1) is 16.9. The molecule has 4 rings (SSSR count). The van der Waals surface area contributed by atoms with Crippen LogP contribution in [0.25, 0.3) is 28.2 Å². The molecule has 1 N–H and O–H groups in total. The number of rotatable bonds is 5. The summed E-state index contributed by atoms with van der Waals surface area (Å²) in [6, 6.07) is 15.6. The van der Waals surface area contributed by atoms with Crippen LogP contribution in [0.4, 0.5) is 0 Å². The van der Waals surface area contributed by atoms with E-state index in [4.69, 9.17) is 4.74 Å². The Kier molecular flexibility index (Phi) is 4.63. The van der Waals surface area contributed by atoms with Crippen LogP contribution < -0.4 is 0 Å². The van der Waals surface area contributed by atoms with E-state index in [-0.39, 0.29) is 5.75 Å². The van der Waals surface area contributed by atoms with E-state index >= 15 is 0 Å². The fourth-order valence-corrected chi connectivity index (χ4v) is 2.91. The van der Waals surface area contributed by atoms with Crippen molar-refractivity contribution in [3.05, 3.63) is 79.1 Å². The molecule has 27 heavy (non-hydrogen) atoms. The molecule has 4 aromatic rings. The van der Waals surface area contributed by atoms with Gasteiger partial charge in [0.15, 0.2) is 5.82 Å². The van der Waals surface area contributed by atoms with Crippen molar-refractivity contribution in [1.82, 2.24) is 19.5 Å². The minimum Gasteiger partial charge on any atom is -0.506 e. The standard InChI is InChI=1S/C21H18N4O2/c1-27-14-20-23-12-17(13-24-20)21-22-9-10-25(21)18-11-16(7-8-19(18)26)15-5-3-2-4-6-15/h2-13,26H,14H2,1H3. The first-order chi connectivity index (χ1) is 13.3. The molecule has 2 aromatic carbocycles. The van der Waals surface area contributed by atoms with Crippen LogP contribution in [0.1, 0.15) is 5.82 Å². The molecule has 0 aliphatic carbocycles. The van der Waals surface area contributed by atoms with Crippen LogP contribution >= 0.6 is 0 Å². The molecule has 0 bridgehead atoms. The fourth-order valence-electron chi connectivity index (χ4n) is 2.91. The fraction of sp³-hybridized carbons (Fsp3) is 0.0952. The van der Waals surface area contributed by atoms with Gasteiger partial charge in [-0.25, -0.2) is 15.0 Å². The molecule has 6 nitrogen and oxygen atoms in total. The zero-order chi connectivity index (χ0) is 18.6. The molecular weight excluding hydrogens is 340 g/mol. The third-order valence-electron chi connectivity index (χ3n) is 4.22. The Morgan fingerprint density at radius 3 is 2.44 bits per heavy atom. The summed E-state index contributed by atoms with van der Waals surface area (Å²) < 4.78 is 6.87. The van der Waals surface area contributed by atoms with Gasteiger partial charge in [-0.15, -0.1) is 0 Å². The molecule has 0 spiro atoms. The second-order valence-corrected chi connectivity index (χ2v) is 6.01. The molecule has 0 unspecified atom stereocenters. The van der Waals surface area contributed by atoms with Gasteiger partial charge in [-0.05, 0) is 23.3 Å². The number of imidazole rings is 1. The van der Waals surface area contributed by atoms with Gasteiger partial charge in [-0.2, -0.15) is 0 Å². The van der Waals surface area contributed by atoms with Crippen molar-refractivity contribution in [2.75, 3.05) is 7.11 Å². The average molecular weight is 358 g/mol. The van der Waals surface area contributed by atoms with Crippen molar-refractivity contribution in [3.8, 4) is 34.0 Å². The van der Waals surface area contributed by atoms with Gasteiger partial charge in [0.2, 0.25) is 0 Å². The minimum absolute atomic E-state index is 0.172. The Labute approximate surface area is 156 Å². The highest BCUT2D eigenvalue weighted by Gasteiger charge is 2.13. The summed E-state index contributed by atoms with van der Waals surface area (Å²) >= 11 is 0. The third kappa shape index (κ3) is 3.43. The van der Waals surface area contributed by atoms with Crippen LogP contribution in [0.3, 0.4) is 0 Å². The molecule has 0 saturated carbocycles. The number of ether oxygens (including phenoxy) is 1. The quantitative estimate of drug-likeness (QED) is 0.587. The van der Waals surface area contributed by atoms with Crippen molar-refractivity contribution >= 4 is 0 Å². The van der Waals surface area contributed by atoms with Crippen molar-refractivity contribution in [1.29, 1.82) is 0 Å². The van der Waals surface area contributed by atoms with Gasteiger partial charge < -0.3 is 9.84 Å². The highest BCUT2D eigenvalue weighted by atomic mass is 16.5. The van der Waals surface area contributed by atoms with Gasteiger partial charge >= 0.3 is 0 Å². The molecule has 0 saturated heterocycles. The average Bonchev–Trinajstić information content (AvgIpc) is 3.19. The van der Waals surface area contributed by atoms with Crippen LogP contribution in [0.2, 0.25) is 0 Å². The van der Waals surface area contributed by atoms with E-state index in [0.29, 0.717) is 23.9 Å². The zero-order valence-electron chi connectivity index (χ0n) is 14.8. The number of hydrogen-bond acceptors (Lipinski definition) is 5. The van der Waals surface area contributed by atoms with Crippen LogP contribution in [0.15, 0.2) is 73.3 Å². The largest absolute Gasteiger partial charge is 0.506 e. The van der Waals surface area contributed by atoms with E-state index in [2.05, 4.69) is 15.0 Å². The van der Waals surface area contributed by atoms with Crippen molar-refractivity contribution in [2.24, 2.45) is 0 Å². The molecular formula is C21H18N4O2. The van der Waals surface area contributed by atoms with Gasteiger partial charge in [-0.3, -0.25) is 4.57 Å². The highest BCUT2D eigenvalue weighted by molar-refractivity contribution is 5.70. The Balaban J connectivity index is 1.76. The number of phenolic OH excluding ortho intramolecular Hbond substituents is 1. The molecule has 0 aliphatic rings. The van der Waals surface area contributed by atoms with E-state index in [1.54, 1.807) is 31.8 Å². The SMILES string of the molecule is COCc1ncc(-c2nccn2-c2cc(-c3ccccc3)ccc2O)cn1. The monoisotopic (exact) mass is 358 g/mol. The summed E-state index contributed by atoms with van der Waals surface area (Å²) in [5.74, 6) is 1.43. The lowest BCUT2D eigenvalue weighted by Gasteiger charge is -2.12. The Bertz CT molecular complexity index is 1040. The molecule has 6 heteroatoms. The van der Waals surface area contributed by atoms with Gasteiger partial charge in [0, 0.05) is 31.9 Å². The van der Waals surface area contributed by atoms with Crippen molar-refractivity contribution in [2.45, 2.75) is 6.61 Å². The number of aromatic nitrogens is 4. The number of benzene rings is 2. The molecule has 134 valence electrons. The predicted molar refractivity (Wildman–Crippen MR) is 102 cm³/mol. The zero-order valence-corrected chi connectivity index (χ0v) is 14.8. The Morgan fingerprint density at radius 2 is 1.70 bits per heavy atom. The summed E-state index contributed by atoms with van der Waals surface area (Å²) in [5.41, 5.74) is 3.48. The smallest absolute Gasteiger partial charge is 0.153 e. The van der Waals surface area contributed by atoms with Gasteiger partial charge in [0.05, 0.1) is 11.3 Å². The molecule has 0 radical (unpaired) electrons. The Morgan fingerprint density at radius 1 is 0.926 bits per heavy atom. The summed E-state index contributed by atoms with van der Waals surface area (Å²) in [6.45, 7) is 0.356. The second-order valence-electron chi connectivity index (χ2n) is 6.01. The predicted octanol–water partition coefficient (Wildman–Crippen LogP) is 3.85. The number of phenols is 1. The summed E-state index contributed by atoms with van der Waals surface area (Å²) in [4.78, 5) is 13.0. The normalized spacial score (nSPS) is 10.9. The maximum absolute atomic E-state index is 10.4. The first-order valence-electron chi connectivity index (χ1n) is 8.48. The van der Waals surface area contributed by atoms with Gasteiger partial charge in [0.25, 0.3) is 0 Å². The van der Waals surface area contributed by atoms with Gasteiger partial charge in [-0.1, -0.05) is 36.4 Å². The van der Waals surface area contributed by atoms with E-state index in [9.17, 15) is 5.11 Å². The lowest BCUT2D eigenvalue weighted by atomic mass is 10.0. The van der Waals surface area contributed by atoms with E-state index < -0.39 is 0 Å². The summed E-state index contributed by atoms with van der Waals surface area (Å²) in [5, 5.41) is 10.4. The molecule has 0 amide bonds. The van der Waals surface area contributed by atoms with Crippen molar-refractivity contribution < 1.29 is 9.84 Å². The molecule has 0 fully saturated rings. The van der Waals surface area contributed by atoms with Crippen LogP contribution in [0, 0.1) is 0 Å². The van der Waals surface area contributed by atoms with E-state index in [1.807, 2.05) is 53.2 Å². The van der Waals surface area contributed by atoms with Crippen molar-refractivity contribution in [3.63, 3.8) is 0 Å². The minimum atomic E-state index is 0.172. The second kappa shape index (κ2) is 7.39. The summed E-state index contributed by atoms with van der Waals surface area (Å²) in [7, 11) is 1.60. The molecule has 2 heterocycles. The topological polar surface area (TPSA) is 73.1 Å². The lowest BCUT2D eigenvalue weighted by molar-refractivity contribution is 0.178.